The first-order chi connectivity index (χ1) is 11.2. The largest absolute Gasteiger partial charge is 0.322 e. The second kappa shape index (κ2) is 7.06. The number of carbonyl (C=O) groups is 1. The number of hydrogen-bond donors (Lipinski definition) is 2. The Kier molecular flexibility index (Phi) is 5.30. The lowest BCUT2D eigenvalue weighted by Crippen LogP contribution is -2.41. The van der Waals surface area contributed by atoms with Crippen molar-refractivity contribution in [2.75, 3.05) is 5.32 Å². The molecule has 0 aliphatic heterocycles. The van der Waals surface area contributed by atoms with Crippen molar-refractivity contribution in [1.82, 2.24) is 4.72 Å². The van der Waals surface area contributed by atoms with Crippen LogP contribution in [0.15, 0.2) is 47.4 Å². The van der Waals surface area contributed by atoms with Gasteiger partial charge < -0.3 is 5.32 Å². The fraction of sp³-hybridized carbons (Fsp3) is 0.188. The molecule has 0 heterocycles. The van der Waals surface area contributed by atoms with Crippen molar-refractivity contribution in [2.24, 2.45) is 0 Å². The van der Waals surface area contributed by atoms with Crippen molar-refractivity contribution in [3.05, 3.63) is 59.7 Å². The summed E-state index contributed by atoms with van der Waals surface area (Å²) < 4.78 is 53.0. The van der Waals surface area contributed by atoms with Gasteiger partial charge in [0.2, 0.25) is 15.9 Å². The van der Waals surface area contributed by atoms with Crippen LogP contribution < -0.4 is 10.0 Å². The van der Waals surface area contributed by atoms with Crippen molar-refractivity contribution < 1.29 is 22.0 Å². The van der Waals surface area contributed by atoms with Crippen molar-refractivity contribution >= 4 is 21.6 Å². The molecule has 128 valence electrons. The van der Waals surface area contributed by atoms with E-state index in [1.54, 1.807) is 12.1 Å². The van der Waals surface area contributed by atoms with E-state index in [1.807, 2.05) is 6.92 Å². The molecule has 0 aliphatic rings. The Morgan fingerprint density at radius 2 is 1.71 bits per heavy atom. The molecule has 0 aromatic heterocycles. The lowest BCUT2D eigenvalue weighted by atomic mass is 10.2. The molecule has 0 spiro atoms. The Hall–Kier alpha value is -2.32. The summed E-state index contributed by atoms with van der Waals surface area (Å²) in [7, 11) is -3.90. The molecule has 2 rings (SSSR count). The smallest absolute Gasteiger partial charge is 0.242 e. The van der Waals surface area contributed by atoms with Gasteiger partial charge in [0.05, 0.1) is 16.6 Å². The normalized spacial score (nSPS) is 12.7. The SMILES string of the molecule is Cc1ccc(S(=O)(=O)N[C@@H](C)C(=O)Nc2ccc(F)cc2F)cc1. The number of sulfonamides is 1. The Labute approximate surface area is 138 Å². The van der Waals surface area contributed by atoms with Gasteiger partial charge in [0.1, 0.15) is 11.6 Å². The minimum Gasteiger partial charge on any atom is -0.322 e. The topological polar surface area (TPSA) is 75.3 Å². The lowest BCUT2D eigenvalue weighted by molar-refractivity contribution is -0.117. The van der Waals surface area contributed by atoms with E-state index in [4.69, 9.17) is 0 Å². The highest BCUT2D eigenvalue weighted by Crippen LogP contribution is 2.16. The monoisotopic (exact) mass is 354 g/mol. The zero-order chi connectivity index (χ0) is 17.9. The molecule has 0 saturated heterocycles. The van der Waals surface area contributed by atoms with E-state index in [9.17, 15) is 22.0 Å². The first-order valence-electron chi connectivity index (χ1n) is 7.04. The standard InChI is InChI=1S/C16H16F2N2O3S/c1-10-3-6-13(7-4-10)24(22,23)20-11(2)16(21)19-15-8-5-12(17)9-14(15)18/h3-9,11,20H,1-2H3,(H,19,21)/t11-/m0/s1. The predicted molar refractivity (Wildman–Crippen MR) is 86.0 cm³/mol. The van der Waals surface area contributed by atoms with Gasteiger partial charge in [-0.05, 0) is 38.1 Å². The molecule has 0 unspecified atom stereocenters. The fourth-order valence-electron chi connectivity index (χ4n) is 1.90. The maximum absolute atomic E-state index is 13.5. The molecule has 5 nitrogen and oxygen atoms in total. The van der Waals surface area contributed by atoms with Crippen molar-refractivity contribution in [2.45, 2.75) is 24.8 Å². The third-order valence-electron chi connectivity index (χ3n) is 3.25. The number of benzene rings is 2. The highest BCUT2D eigenvalue weighted by Gasteiger charge is 2.22. The van der Waals surface area contributed by atoms with Gasteiger partial charge in [-0.15, -0.1) is 0 Å². The zero-order valence-electron chi connectivity index (χ0n) is 13.0. The van der Waals surface area contributed by atoms with Crippen LogP contribution in [-0.4, -0.2) is 20.4 Å². The summed E-state index contributed by atoms with van der Waals surface area (Å²) in [5, 5.41) is 2.21. The first kappa shape index (κ1) is 18.0. The van der Waals surface area contributed by atoms with E-state index in [1.165, 1.54) is 19.1 Å². The predicted octanol–water partition coefficient (Wildman–Crippen LogP) is 2.58. The van der Waals surface area contributed by atoms with E-state index in [2.05, 4.69) is 10.0 Å². The van der Waals surface area contributed by atoms with Gasteiger partial charge in [0, 0.05) is 6.07 Å². The van der Waals surface area contributed by atoms with Crippen molar-refractivity contribution in [3.8, 4) is 0 Å². The van der Waals surface area contributed by atoms with E-state index in [0.717, 1.165) is 17.7 Å². The third-order valence-corrected chi connectivity index (χ3v) is 4.80. The molecule has 0 fully saturated rings. The van der Waals surface area contributed by atoms with Gasteiger partial charge in [-0.25, -0.2) is 17.2 Å². The van der Waals surface area contributed by atoms with Crippen LogP contribution in [0.1, 0.15) is 12.5 Å². The van der Waals surface area contributed by atoms with Gasteiger partial charge in [0.25, 0.3) is 0 Å². The molecule has 2 N–H and O–H groups in total. The number of nitrogens with one attached hydrogen (secondary N) is 2. The molecule has 0 aliphatic carbocycles. The number of anilines is 1. The molecule has 2 aromatic rings. The van der Waals surface area contributed by atoms with Gasteiger partial charge in [-0.1, -0.05) is 17.7 Å². The van der Waals surface area contributed by atoms with Gasteiger partial charge in [0.15, 0.2) is 0 Å². The molecular formula is C16H16F2N2O3S. The van der Waals surface area contributed by atoms with E-state index < -0.39 is 33.6 Å². The van der Waals surface area contributed by atoms with Crippen molar-refractivity contribution in [1.29, 1.82) is 0 Å². The number of amides is 1. The number of rotatable bonds is 5. The summed E-state index contributed by atoms with van der Waals surface area (Å²) in [4.78, 5) is 12.0. The van der Waals surface area contributed by atoms with Crippen molar-refractivity contribution in [3.63, 3.8) is 0 Å². The number of halogens is 2. The summed E-state index contributed by atoms with van der Waals surface area (Å²) in [6.07, 6.45) is 0. The van der Waals surface area contributed by atoms with E-state index in [0.29, 0.717) is 6.07 Å². The summed E-state index contributed by atoms with van der Waals surface area (Å²) >= 11 is 0. The Morgan fingerprint density at radius 3 is 2.29 bits per heavy atom. The summed E-state index contributed by atoms with van der Waals surface area (Å²) in [6.45, 7) is 3.14. The van der Waals surface area contributed by atoms with Gasteiger partial charge in [-0.3, -0.25) is 4.79 Å². The first-order valence-corrected chi connectivity index (χ1v) is 8.52. The Bertz CT molecular complexity index is 852. The van der Waals surface area contributed by atoms with E-state index >= 15 is 0 Å². The van der Waals surface area contributed by atoms with Crippen LogP contribution in [0.25, 0.3) is 0 Å². The molecule has 1 amide bonds. The summed E-state index contributed by atoms with van der Waals surface area (Å²) in [5.74, 6) is -2.49. The maximum Gasteiger partial charge on any atom is 0.242 e. The fourth-order valence-corrected chi connectivity index (χ4v) is 3.11. The summed E-state index contributed by atoms with van der Waals surface area (Å²) in [5.41, 5.74) is 0.661. The van der Waals surface area contributed by atoms with Gasteiger partial charge in [-0.2, -0.15) is 4.72 Å². The van der Waals surface area contributed by atoms with Gasteiger partial charge >= 0.3 is 0 Å². The van der Waals surface area contributed by atoms with Crippen LogP contribution in [0.3, 0.4) is 0 Å². The maximum atomic E-state index is 13.5. The van der Waals surface area contributed by atoms with Crippen LogP contribution >= 0.6 is 0 Å². The minimum absolute atomic E-state index is 0.0145. The number of aryl methyl sites for hydroxylation is 1. The minimum atomic E-state index is -3.90. The number of hydrogen-bond acceptors (Lipinski definition) is 3. The molecule has 2 aromatic carbocycles. The molecule has 1 atom stereocenters. The summed E-state index contributed by atoms with van der Waals surface area (Å²) in [6, 6.07) is 7.62. The molecule has 0 bridgehead atoms. The van der Waals surface area contributed by atoms with Crippen LogP contribution in [0.2, 0.25) is 0 Å². The Morgan fingerprint density at radius 1 is 1.08 bits per heavy atom. The van der Waals surface area contributed by atoms with Crippen LogP contribution in [-0.2, 0) is 14.8 Å². The number of carbonyl (C=O) groups excluding carboxylic acids is 1. The highest BCUT2D eigenvalue weighted by atomic mass is 32.2. The Balaban J connectivity index is 2.09. The average Bonchev–Trinajstić information content (AvgIpc) is 2.50. The third kappa shape index (κ3) is 4.36. The van der Waals surface area contributed by atoms with Crippen LogP contribution in [0.5, 0.6) is 0 Å². The average molecular weight is 354 g/mol. The molecule has 0 radical (unpaired) electrons. The zero-order valence-corrected chi connectivity index (χ0v) is 13.8. The molecular weight excluding hydrogens is 338 g/mol. The second-order valence-corrected chi connectivity index (χ2v) is 6.98. The van der Waals surface area contributed by atoms with E-state index in [-0.39, 0.29) is 10.6 Å². The van der Waals surface area contributed by atoms with Crippen LogP contribution in [0, 0.1) is 18.6 Å². The molecule has 24 heavy (non-hydrogen) atoms. The second-order valence-electron chi connectivity index (χ2n) is 5.27. The highest BCUT2D eigenvalue weighted by molar-refractivity contribution is 7.89. The quantitative estimate of drug-likeness (QED) is 0.867. The molecule has 0 saturated carbocycles. The van der Waals surface area contributed by atoms with Crippen LogP contribution in [0.4, 0.5) is 14.5 Å². The lowest BCUT2D eigenvalue weighted by Gasteiger charge is -2.15. The molecule has 8 heteroatoms.